The monoisotopic (exact) mass is 155 g/mol. The highest BCUT2D eigenvalue weighted by Crippen LogP contribution is 2.26. The fourth-order valence-electron chi connectivity index (χ4n) is 0.818. The second-order valence-corrected chi connectivity index (χ2v) is 2.43. The van der Waals surface area contributed by atoms with Gasteiger partial charge >= 0.3 is 0 Å². The molecule has 0 aliphatic rings. The van der Waals surface area contributed by atoms with Gasteiger partial charge in [-0.25, -0.2) is 0 Å². The molecule has 0 N–H and O–H groups in total. The number of aryl methyl sites for hydroxylation is 1. The maximum absolute atomic E-state index is 5.77. The summed E-state index contributed by atoms with van der Waals surface area (Å²) < 4.78 is 5.02. The predicted molar refractivity (Wildman–Crippen MR) is 41.6 cm³/mol. The summed E-state index contributed by atoms with van der Waals surface area (Å²) in [6.45, 7) is 1.93. The van der Waals surface area contributed by atoms with Gasteiger partial charge in [0, 0.05) is 0 Å². The zero-order chi connectivity index (χ0) is 7.56. The number of benzene rings is 1. The van der Waals surface area contributed by atoms with Gasteiger partial charge in [0.15, 0.2) is 0 Å². The van der Waals surface area contributed by atoms with Crippen molar-refractivity contribution < 1.29 is 4.74 Å². The van der Waals surface area contributed by atoms with Crippen LogP contribution >= 0.6 is 11.6 Å². The molecule has 10 heavy (non-hydrogen) atoms. The van der Waals surface area contributed by atoms with Crippen molar-refractivity contribution in [2.75, 3.05) is 7.11 Å². The second-order valence-electron chi connectivity index (χ2n) is 2.02. The molecule has 0 aliphatic carbocycles. The fourth-order valence-corrected chi connectivity index (χ4v) is 1.11. The smallest absolute Gasteiger partial charge is 0.140 e. The lowest BCUT2D eigenvalue weighted by Gasteiger charge is -2.04. The number of ether oxygens (including phenoxy) is 1. The number of methoxy groups -OCH3 is 1. The normalized spacial score (nSPS) is 9.50. The van der Waals surface area contributed by atoms with E-state index in [4.69, 9.17) is 16.3 Å². The van der Waals surface area contributed by atoms with E-state index < -0.39 is 0 Å². The molecule has 0 atom stereocenters. The van der Waals surface area contributed by atoms with Gasteiger partial charge in [0.25, 0.3) is 0 Å². The van der Waals surface area contributed by atoms with Crippen LogP contribution in [0.5, 0.6) is 5.75 Å². The Labute approximate surface area is 65.6 Å². The molecule has 0 saturated heterocycles. The third kappa shape index (κ3) is 1.24. The zero-order valence-corrected chi connectivity index (χ0v) is 6.70. The maximum Gasteiger partial charge on any atom is 0.140 e. The average Bonchev–Trinajstić information content (AvgIpc) is 1.88. The first kappa shape index (κ1) is 7.42. The van der Waals surface area contributed by atoms with Gasteiger partial charge in [-0.2, -0.15) is 0 Å². The van der Waals surface area contributed by atoms with Crippen molar-refractivity contribution in [2.45, 2.75) is 6.92 Å². The molecule has 0 aliphatic heterocycles. The maximum atomic E-state index is 5.77. The van der Waals surface area contributed by atoms with Crippen LogP contribution in [0.1, 0.15) is 5.56 Å². The van der Waals surface area contributed by atoms with E-state index in [1.165, 1.54) is 0 Å². The van der Waals surface area contributed by atoms with E-state index in [1.807, 2.05) is 13.0 Å². The van der Waals surface area contributed by atoms with Gasteiger partial charge < -0.3 is 4.74 Å². The van der Waals surface area contributed by atoms with Crippen molar-refractivity contribution >= 4 is 11.6 Å². The van der Waals surface area contributed by atoms with Gasteiger partial charge in [0.2, 0.25) is 0 Å². The summed E-state index contributed by atoms with van der Waals surface area (Å²) in [5, 5.41) is 0.613. The van der Waals surface area contributed by atoms with E-state index in [0.29, 0.717) is 5.02 Å². The topological polar surface area (TPSA) is 9.23 Å². The minimum Gasteiger partial charge on any atom is -0.495 e. The molecule has 1 aromatic rings. The molecule has 1 nitrogen and oxygen atoms in total. The standard InChI is InChI=1S/C8H8ClO/c1-6-4-3-5-7(9)8(6)10-2/h4-5H,1-2H3. The van der Waals surface area contributed by atoms with Crippen molar-refractivity contribution in [1.29, 1.82) is 0 Å². The number of hydrogen-bond acceptors (Lipinski definition) is 1. The fraction of sp³-hybridized carbons (Fsp3) is 0.250. The third-order valence-corrected chi connectivity index (χ3v) is 1.57. The molecular weight excluding hydrogens is 148 g/mol. The SMILES string of the molecule is COc1c(C)c[c]cc1Cl. The summed E-state index contributed by atoms with van der Waals surface area (Å²) in [6, 6.07) is 6.42. The van der Waals surface area contributed by atoms with Crippen molar-refractivity contribution in [2.24, 2.45) is 0 Å². The summed E-state index contributed by atoms with van der Waals surface area (Å²) >= 11 is 5.77. The lowest BCUT2D eigenvalue weighted by atomic mass is 10.2. The van der Waals surface area contributed by atoms with Crippen LogP contribution in [0.2, 0.25) is 5.02 Å². The molecule has 0 aromatic heterocycles. The highest BCUT2D eigenvalue weighted by Gasteiger charge is 2.00. The minimum atomic E-state index is 0.613. The van der Waals surface area contributed by atoms with Crippen LogP contribution < -0.4 is 4.74 Å². The molecule has 0 fully saturated rings. The van der Waals surface area contributed by atoms with Gasteiger partial charge in [0.1, 0.15) is 5.75 Å². The molecule has 0 heterocycles. The zero-order valence-electron chi connectivity index (χ0n) is 5.94. The number of hydrogen-bond donors (Lipinski definition) is 0. The van der Waals surface area contributed by atoms with Crippen LogP contribution in [0, 0.1) is 13.0 Å². The number of rotatable bonds is 1. The van der Waals surface area contributed by atoms with Crippen LogP contribution in [0.4, 0.5) is 0 Å². The highest BCUT2D eigenvalue weighted by molar-refractivity contribution is 6.32. The lowest BCUT2D eigenvalue weighted by Crippen LogP contribution is -1.86. The summed E-state index contributed by atoms with van der Waals surface area (Å²) in [7, 11) is 1.61. The largest absolute Gasteiger partial charge is 0.495 e. The van der Waals surface area contributed by atoms with Gasteiger partial charge in [-0.1, -0.05) is 11.6 Å². The Morgan fingerprint density at radius 2 is 2.20 bits per heavy atom. The first-order chi connectivity index (χ1) is 4.75. The van der Waals surface area contributed by atoms with Crippen LogP contribution in [0.3, 0.4) is 0 Å². The van der Waals surface area contributed by atoms with Crippen molar-refractivity contribution in [3.8, 4) is 5.75 Å². The van der Waals surface area contributed by atoms with Crippen molar-refractivity contribution in [3.63, 3.8) is 0 Å². The van der Waals surface area contributed by atoms with E-state index in [1.54, 1.807) is 13.2 Å². The Bertz CT molecular complexity index is 212. The van der Waals surface area contributed by atoms with Crippen molar-refractivity contribution in [3.05, 3.63) is 28.8 Å². The van der Waals surface area contributed by atoms with E-state index >= 15 is 0 Å². The molecule has 0 bridgehead atoms. The minimum absolute atomic E-state index is 0.613. The summed E-state index contributed by atoms with van der Waals surface area (Å²) in [5.41, 5.74) is 1.01. The average molecular weight is 156 g/mol. The van der Waals surface area contributed by atoms with Gasteiger partial charge in [-0.3, -0.25) is 0 Å². The quantitative estimate of drug-likeness (QED) is 0.606. The number of halogens is 1. The Balaban J connectivity index is 3.17. The van der Waals surface area contributed by atoms with Gasteiger partial charge in [-0.15, -0.1) is 0 Å². The summed E-state index contributed by atoms with van der Waals surface area (Å²) in [6.07, 6.45) is 0. The summed E-state index contributed by atoms with van der Waals surface area (Å²) in [4.78, 5) is 0. The van der Waals surface area contributed by atoms with Crippen LogP contribution in [0.25, 0.3) is 0 Å². The van der Waals surface area contributed by atoms with E-state index in [2.05, 4.69) is 6.07 Å². The van der Waals surface area contributed by atoms with E-state index in [0.717, 1.165) is 11.3 Å². The second kappa shape index (κ2) is 2.93. The van der Waals surface area contributed by atoms with Gasteiger partial charge in [-0.05, 0) is 30.7 Å². The molecule has 53 valence electrons. The molecule has 2 heteroatoms. The van der Waals surface area contributed by atoms with Crippen LogP contribution in [-0.2, 0) is 0 Å². The molecule has 0 spiro atoms. The summed E-state index contributed by atoms with van der Waals surface area (Å²) in [5.74, 6) is 0.736. The Morgan fingerprint density at radius 1 is 1.50 bits per heavy atom. The van der Waals surface area contributed by atoms with Crippen LogP contribution in [-0.4, -0.2) is 7.11 Å². The van der Waals surface area contributed by atoms with Gasteiger partial charge in [0.05, 0.1) is 12.1 Å². The molecule has 1 radical (unpaired) electrons. The Morgan fingerprint density at radius 3 is 2.60 bits per heavy atom. The third-order valence-electron chi connectivity index (χ3n) is 1.29. The van der Waals surface area contributed by atoms with E-state index in [-0.39, 0.29) is 0 Å². The lowest BCUT2D eigenvalue weighted by molar-refractivity contribution is 0.412. The molecule has 0 amide bonds. The molecule has 0 saturated carbocycles. The first-order valence-electron chi connectivity index (χ1n) is 2.96. The van der Waals surface area contributed by atoms with Crippen molar-refractivity contribution in [1.82, 2.24) is 0 Å². The van der Waals surface area contributed by atoms with E-state index in [9.17, 15) is 0 Å². The molecule has 1 aromatic carbocycles. The molecular formula is C8H8ClO. The Hall–Kier alpha value is -0.690. The first-order valence-corrected chi connectivity index (χ1v) is 3.33. The highest BCUT2D eigenvalue weighted by atomic mass is 35.5. The molecule has 0 unspecified atom stereocenters. The molecule has 1 rings (SSSR count). The Kier molecular flexibility index (Phi) is 2.17. The van der Waals surface area contributed by atoms with Crippen LogP contribution in [0.15, 0.2) is 12.1 Å². The predicted octanol–water partition coefficient (Wildman–Crippen LogP) is 2.46.